The summed E-state index contributed by atoms with van der Waals surface area (Å²) in [4.78, 5) is 23.1. The van der Waals surface area contributed by atoms with Crippen molar-refractivity contribution < 1.29 is 4.40 Å². The van der Waals surface area contributed by atoms with Crippen LogP contribution in [0.15, 0.2) is 71.5 Å². The van der Waals surface area contributed by atoms with E-state index in [0.29, 0.717) is 18.1 Å². The molecule has 0 spiro atoms. The van der Waals surface area contributed by atoms with Crippen molar-refractivity contribution in [2.45, 2.75) is 39.2 Å². The Kier molecular flexibility index (Phi) is 6.25. The molecule has 1 saturated heterocycles. The number of piperidine rings is 1. The number of aromatic nitrogens is 5. The first-order chi connectivity index (χ1) is 18.5. The first-order valence-electron chi connectivity index (χ1n) is 13.1. The molecule has 1 aliphatic rings. The first kappa shape index (κ1) is 24.1. The van der Waals surface area contributed by atoms with Gasteiger partial charge in [0, 0.05) is 17.0 Å². The van der Waals surface area contributed by atoms with E-state index in [4.69, 9.17) is 10.7 Å². The summed E-state index contributed by atoms with van der Waals surface area (Å²) >= 11 is 0. The summed E-state index contributed by atoms with van der Waals surface area (Å²) in [5.41, 5.74) is 14.5. The molecule has 1 aliphatic heterocycles. The molecule has 4 heterocycles. The SMILES string of the molecule is Cc1cc(-c2c(-c3ccccc3)nc(N)[n+]3c(=O)n(Cc4ccccc4C4CCNCC4)[nH]c23)cc(C)n1. The lowest BCUT2D eigenvalue weighted by Crippen LogP contribution is -2.44. The molecule has 0 radical (unpaired) electrons. The van der Waals surface area contributed by atoms with Gasteiger partial charge in [-0.3, -0.25) is 4.98 Å². The summed E-state index contributed by atoms with van der Waals surface area (Å²) in [5.74, 6) is 0.631. The fourth-order valence-electron chi connectivity index (χ4n) is 5.70. The number of aromatic amines is 1. The fourth-order valence-corrected chi connectivity index (χ4v) is 5.70. The van der Waals surface area contributed by atoms with Crippen molar-refractivity contribution in [2.75, 3.05) is 18.8 Å². The normalized spacial score (nSPS) is 14.3. The predicted octanol–water partition coefficient (Wildman–Crippen LogP) is 3.75. The van der Waals surface area contributed by atoms with Crippen LogP contribution in [0.2, 0.25) is 0 Å². The molecule has 2 aromatic carbocycles. The van der Waals surface area contributed by atoms with Gasteiger partial charge in [0.2, 0.25) is 5.65 Å². The largest absolute Gasteiger partial charge is 0.428 e. The summed E-state index contributed by atoms with van der Waals surface area (Å²) in [5, 5.41) is 6.86. The van der Waals surface area contributed by atoms with Crippen molar-refractivity contribution in [2.24, 2.45) is 0 Å². The van der Waals surface area contributed by atoms with Crippen LogP contribution in [-0.2, 0) is 6.54 Å². The Hall–Kier alpha value is -4.30. The Morgan fingerprint density at radius 1 is 0.947 bits per heavy atom. The van der Waals surface area contributed by atoms with Gasteiger partial charge in [0.15, 0.2) is 0 Å². The molecule has 0 saturated carbocycles. The van der Waals surface area contributed by atoms with Crippen LogP contribution in [-0.4, -0.2) is 32.8 Å². The van der Waals surface area contributed by atoms with E-state index in [1.54, 1.807) is 4.68 Å². The zero-order valence-electron chi connectivity index (χ0n) is 21.7. The minimum absolute atomic E-state index is 0.150. The van der Waals surface area contributed by atoms with Crippen molar-refractivity contribution in [3.8, 4) is 22.4 Å². The number of hydrogen-bond acceptors (Lipinski definition) is 5. The van der Waals surface area contributed by atoms with Gasteiger partial charge in [0.1, 0.15) is 12.2 Å². The molecule has 0 amide bonds. The van der Waals surface area contributed by atoms with Crippen LogP contribution in [0.25, 0.3) is 28.0 Å². The Bertz CT molecular complexity index is 1660. The highest BCUT2D eigenvalue weighted by Crippen LogP contribution is 2.33. The highest BCUT2D eigenvalue weighted by molar-refractivity contribution is 5.88. The number of rotatable bonds is 5. The van der Waals surface area contributed by atoms with Crippen LogP contribution in [0.4, 0.5) is 5.95 Å². The van der Waals surface area contributed by atoms with E-state index in [-0.39, 0.29) is 11.6 Å². The number of anilines is 1. The minimum atomic E-state index is -0.242. The zero-order valence-corrected chi connectivity index (χ0v) is 21.7. The highest BCUT2D eigenvalue weighted by Gasteiger charge is 2.27. The molecular formula is C30H32N7O+. The van der Waals surface area contributed by atoms with Crippen molar-refractivity contribution in [3.63, 3.8) is 0 Å². The third-order valence-corrected chi connectivity index (χ3v) is 7.40. The summed E-state index contributed by atoms with van der Waals surface area (Å²) < 4.78 is 3.13. The summed E-state index contributed by atoms with van der Waals surface area (Å²) in [6, 6.07) is 22.4. The van der Waals surface area contributed by atoms with Crippen molar-refractivity contribution in [1.29, 1.82) is 0 Å². The van der Waals surface area contributed by atoms with E-state index in [9.17, 15) is 4.79 Å². The van der Waals surface area contributed by atoms with Gasteiger partial charge in [-0.05, 0) is 74.5 Å². The number of nitrogens with zero attached hydrogens (tertiary/aromatic N) is 4. The fraction of sp³-hybridized carbons (Fsp3) is 0.267. The maximum atomic E-state index is 13.8. The smallest absolute Gasteiger partial charge is 0.319 e. The van der Waals surface area contributed by atoms with Crippen molar-refractivity contribution >= 4 is 11.6 Å². The second-order valence-corrected chi connectivity index (χ2v) is 10.1. The Morgan fingerprint density at radius 2 is 1.63 bits per heavy atom. The number of aryl methyl sites for hydroxylation is 2. The van der Waals surface area contributed by atoms with Crippen LogP contribution in [0.1, 0.15) is 41.3 Å². The van der Waals surface area contributed by atoms with E-state index < -0.39 is 0 Å². The summed E-state index contributed by atoms with van der Waals surface area (Å²) in [7, 11) is 0. The van der Waals surface area contributed by atoms with Crippen LogP contribution in [0.5, 0.6) is 0 Å². The second-order valence-electron chi connectivity index (χ2n) is 10.1. The van der Waals surface area contributed by atoms with Gasteiger partial charge in [-0.2, -0.15) is 4.68 Å². The van der Waals surface area contributed by atoms with Crippen molar-refractivity contribution in [3.05, 3.63) is 99.7 Å². The number of pyridine rings is 1. The van der Waals surface area contributed by atoms with E-state index in [1.807, 2.05) is 62.4 Å². The molecular weight excluding hydrogens is 474 g/mol. The molecule has 38 heavy (non-hydrogen) atoms. The predicted molar refractivity (Wildman–Crippen MR) is 149 cm³/mol. The lowest BCUT2D eigenvalue weighted by atomic mass is 9.87. The topological polar surface area (TPSA) is 106 Å². The third kappa shape index (κ3) is 4.37. The van der Waals surface area contributed by atoms with Crippen LogP contribution < -0.4 is 21.1 Å². The van der Waals surface area contributed by atoms with Crippen LogP contribution >= 0.6 is 0 Å². The summed E-state index contributed by atoms with van der Waals surface area (Å²) in [6.45, 7) is 6.40. The summed E-state index contributed by atoms with van der Waals surface area (Å²) in [6.07, 6.45) is 2.19. The monoisotopic (exact) mass is 506 g/mol. The lowest BCUT2D eigenvalue weighted by molar-refractivity contribution is -0.516. The molecule has 4 N–H and O–H groups in total. The molecule has 192 valence electrons. The molecule has 0 aliphatic carbocycles. The van der Waals surface area contributed by atoms with E-state index >= 15 is 0 Å². The number of nitrogens with two attached hydrogens (primary N) is 1. The van der Waals surface area contributed by atoms with E-state index in [1.165, 1.54) is 9.96 Å². The average Bonchev–Trinajstić information content (AvgIpc) is 3.25. The van der Waals surface area contributed by atoms with Gasteiger partial charge in [-0.25, -0.2) is 9.89 Å². The third-order valence-electron chi connectivity index (χ3n) is 7.40. The highest BCUT2D eigenvalue weighted by atomic mass is 16.2. The Morgan fingerprint density at radius 3 is 2.37 bits per heavy atom. The van der Waals surface area contributed by atoms with Crippen LogP contribution in [0, 0.1) is 13.8 Å². The Balaban J connectivity index is 1.56. The zero-order chi connectivity index (χ0) is 26.2. The van der Waals surface area contributed by atoms with Gasteiger partial charge in [0.25, 0.3) is 0 Å². The molecule has 0 unspecified atom stereocenters. The molecule has 6 rings (SSSR count). The molecule has 8 nitrogen and oxygen atoms in total. The first-order valence-corrected chi connectivity index (χ1v) is 13.1. The van der Waals surface area contributed by atoms with Gasteiger partial charge in [0.05, 0.1) is 5.56 Å². The van der Waals surface area contributed by atoms with Gasteiger partial charge in [-0.15, -0.1) is 9.38 Å². The quantitative estimate of drug-likeness (QED) is 0.315. The molecule has 1 fully saturated rings. The second kappa shape index (κ2) is 9.87. The number of H-pyrrole nitrogens is 1. The van der Waals surface area contributed by atoms with E-state index in [2.05, 4.69) is 33.6 Å². The lowest BCUT2D eigenvalue weighted by Gasteiger charge is -2.24. The number of fused-ring (bicyclic) bond motifs is 1. The Labute approximate surface area is 221 Å². The number of nitrogen functional groups attached to an aromatic ring is 1. The standard InChI is InChI=1S/C30H31N7O/c1-19-16-24(17-20(2)33-19)26-27(22-8-4-3-5-9-22)34-29(31)37-28(26)35-36(30(37)38)18-23-10-6-7-11-25(23)21-12-14-32-15-13-21/h3-11,16-17,21,32H,12-15,18H2,1-2H3,(H2,31,33,34,35)/p+1. The minimum Gasteiger partial charge on any atom is -0.319 e. The molecule has 8 heteroatoms. The van der Waals surface area contributed by atoms with Gasteiger partial charge < -0.3 is 11.1 Å². The number of nitrogens with one attached hydrogen (secondary N) is 2. The van der Waals surface area contributed by atoms with Gasteiger partial charge >= 0.3 is 11.6 Å². The van der Waals surface area contributed by atoms with E-state index in [0.717, 1.165) is 65.3 Å². The molecule has 5 aromatic rings. The van der Waals surface area contributed by atoms with Crippen LogP contribution in [0.3, 0.4) is 0 Å². The average molecular weight is 507 g/mol. The van der Waals surface area contributed by atoms with Gasteiger partial charge in [-0.1, -0.05) is 54.6 Å². The number of benzene rings is 2. The molecule has 3 aromatic heterocycles. The maximum absolute atomic E-state index is 13.8. The van der Waals surface area contributed by atoms with Crippen molar-refractivity contribution in [1.82, 2.24) is 25.1 Å². The molecule has 0 atom stereocenters. The number of hydrogen-bond donors (Lipinski definition) is 3. The maximum Gasteiger partial charge on any atom is 0.428 e. The molecule has 0 bridgehead atoms.